The van der Waals surface area contributed by atoms with Gasteiger partial charge in [-0.25, -0.2) is 18.0 Å². The van der Waals surface area contributed by atoms with Gasteiger partial charge in [-0.1, -0.05) is 12.1 Å². The molecule has 112 valence electrons. The molecule has 0 aromatic heterocycles. The summed E-state index contributed by atoms with van der Waals surface area (Å²) in [5.41, 5.74) is -1.83. The number of esters is 1. The Kier molecular flexibility index (Phi) is 4.32. The Labute approximate surface area is 123 Å². The minimum atomic E-state index is -1.47. The molecule has 0 aliphatic carbocycles. The van der Waals surface area contributed by atoms with Crippen LogP contribution in [-0.2, 0) is 4.74 Å². The van der Waals surface area contributed by atoms with E-state index in [1.54, 1.807) is 0 Å². The second-order valence-corrected chi connectivity index (χ2v) is 4.18. The monoisotopic (exact) mass is 306 g/mol. The summed E-state index contributed by atoms with van der Waals surface area (Å²) in [5, 5.41) is 11.1. The number of anilines is 2. The first kappa shape index (κ1) is 15.4. The second kappa shape index (κ2) is 6.18. The SMILES string of the molecule is COC(=O)c1cc(C#N)c(F)c(F)c1Nc1ccccc1F. The van der Waals surface area contributed by atoms with E-state index in [4.69, 9.17) is 5.26 Å². The van der Waals surface area contributed by atoms with Crippen LogP contribution in [0.2, 0.25) is 0 Å². The number of hydrogen-bond donors (Lipinski definition) is 1. The zero-order valence-corrected chi connectivity index (χ0v) is 11.3. The highest BCUT2D eigenvalue weighted by molar-refractivity contribution is 5.97. The summed E-state index contributed by atoms with van der Waals surface area (Å²) < 4.78 is 45.9. The first-order valence-electron chi connectivity index (χ1n) is 6.01. The number of nitrogens with one attached hydrogen (secondary N) is 1. The minimum absolute atomic E-state index is 0.157. The lowest BCUT2D eigenvalue weighted by atomic mass is 10.1. The molecule has 0 radical (unpaired) electrons. The van der Waals surface area contributed by atoms with Crippen molar-refractivity contribution in [3.8, 4) is 6.07 Å². The van der Waals surface area contributed by atoms with Crippen LogP contribution in [0.1, 0.15) is 15.9 Å². The Bertz CT molecular complexity index is 785. The van der Waals surface area contributed by atoms with Gasteiger partial charge in [0.25, 0.3) is 0 Å². The number of carbonyl (C=O) groups excluding carboxylic acids is 1. The smallest absolute Gasteiger partial charge is 0.340 e. The van der Waals surface area contributed by atoms with Crippen molar-refractivity contribution in [3.05, 3.63) is 58.9 Å². The Balaban J connectivity index is 2.64. The van der Waals surface area contributed by atoms with Gasteiger partial charge in [-0.05, 0) is 18.2 Å². The Morgan fingerprint density at radius 1 is 1.23 bits per heavy atom. The van der Waals surface area contributed by atoms with Gasteiger partial charge in [-0.2, -0.15) is 5.26 Å². The van der Waals surface area contributed by atoms with Gasteiger partial charge in [0.1, 0.15) is 11.9 Å². The van der Waals surface area contributed by atoms with Crippen LogP contribution < -0.4 is 5.32 Å². The van der Waals surface area contributed by atoms with Crippen LogP contribution in [-0.4, -0.2) is 13.1 Å². The van der Waals surface area contributed by atoms with Crippen molar-refractivity contribution >= 4 is 17.3 Å². The average Bonchev–Trinajstić information content (AvgIpc) is 2.53. The maximum atomic E-state index is 14.1. The lowest BCUT2D eigenvalue weighted by Crippen LogP contribution is -2.11. The van der Waals surface area contributed by atoms with Crippen LogP contribution >= 0.6 is 0 Å². The molecule has 0 aliphatic heterocycles. The normalized spacial score (nSPS) is 9.95. The van der Waals surface area contributed by atoms with Crippen LogP contribution in [0.15, 0.2) is 30.3 Å². The van der Waals surface area contributed by atoms with Gasteiger partial charge in [0.2, 0.25) is 0 Å². The summed E-state index contributed by atoms with van der Waals surface area (Å²) in [4.78, 5) is 11.7. The van der Waals surface area contributed by atoms with Crippen LogP contribution in [0.3, 0.4) is 0 Å². The van der Waals surface area contributed by atoms with Crippen molar-refractivity contribution in [2.45, 2.75) is 0 Å². The van der Waals surface area contributed by atoms with Gasteiger partial charge in [-0.3, -0.25) is 0 Å². The second-order valence-electron chi connectivity index (χ2n) is 4.18. The Hall–Kier alpha value is -3.01. The quantitative estimate of drug-likeness (QED) is 0.882. The molecule has 2 rings (SSSR count). The predicted octanol–water partition coefficient (Wildman–Crippen LogP) is 3.51. The van der Waals surface area contributed by atoms with Crippen LogP contribution in [0.4, 0.5) is 24.5 Å². The predicted molar refractivity (Wildman–Crippen MR) is 72.1 cm³/mol. The fraction of sp³-hybridized carbons (Fsp3) is 0.0667. The van der Waals surface area contributed by atoms with E-state index >= 15 is 0 Å². The molecule has 22 heavy (non-hydrogen) atoms. The van der Waals surface area contributed by atoms with E-state index in [-0.39, 0.29) is 5.69 Å². The highest BCUT2D eigenvalue weighted by atomic mass is 19.2. The fourth-order valence-electron chi connectivity index (χ4n) is 1.80. The molecule has 2 aromatic rings. The molecule has 0 saturated heterocycles. The highest BCUT2D eigenvalue weighted by Crippen LogP contribution is 2.30. The molecule has 1 N–H and O–H groups in total. The molecule has 0 unspecified atom stereocenters. The number of hydrogen-bond acceptors (Lipinski definition) is 4. The van der Waals surface area contributed by atoms with Crippen molar-refractivity contribution in [3.63, 3.8) is 0 Å². The van der Waals surface area contributed by atoms with Crippen LogP contribution in [0.25, 0.3) is 0 Å². The fourth-order valence-corrected chi connectivity index (χ4v) is 1.80. The number of nitrogens with zero attached hydrogens (tertiary/aromatic N) is 1. The molecular formula is C15H9F3N2O2. The van der Waals surface area contributed by atoms with Gasteiger partial charge in [0.05, 0.1) is 29.6 Å². The molecule has 2 aromatic carbocycles. The van der Waals surface area contributed by atoms with E-state index in [0.29, 0.717) is 0 Å². The largest absolute Gasteiger partial charge is 0.465 e. The van der Waals surface area contributed by atoms with Gasteiger partial charge in [-0.15, -0.1) is 0 Å². The molecular weight excluding hydrogens is 297 g/mol. The van der Waals surface area contributed by atoms with E-state index in [1.807, 2.05) is 0 Å². The molecule has 0 bridgehead atoms. The van der Waals surface area contributed by atoms with E-state index in [2.05, 4.69) is 10.1 Å². The number of carbonyl (C=O) groups is 1. The molecule has 0 heterocycles. The summed E-state index contributed by atoms with van der Waals surface area (Å²) in [6.07, 6.45) is 0. The molecule has 4 nitrogen and oxygen atoms in total. The first-order valence-corrected chi connectivity index (χ1v) is 6.01. The lowest BCUT2D eigenvalue weighted by molar-refractivity contribution is 0.0601. The first-order chi connectivity index (χ1) is 10.5. The molecule has 7 heteroatoms. The van der Waals surface area contributed by atoms with E-state index in [1.165, 1.54) is 24.3 Å². The van der Waals surface area contributed by atoms with Gasteiger partial charge in [0, 0.05) is 0 Å². The third-order valence-corrected chi connectivity index (χ3v) is 2.87. The zero-order chi connectivity index (χ0) is 16.3. The minimum Gasteiger partial charge on any atom is -0.465 e. The topological polar surface area (TPSA) is 62.1 Å². The average molecular weight is 306 g/mol. The van der Waals surface area contributed by atoms with Crippen LogP contribution in [0, 0.1) is 28.8 Å². The number of nitriles is 1. The third-order valence-electron chi connectivity index (χ3n) is 2.87. The Morgan fingerprint density at radius 2 is 1.91 bits per heavy atom. The number of para-hydroxylation sites is 1. The molecule has 0 spiro atoms. The number of benzene rings is 2. The molecule has 0 aliphatic rings. The van der Waals surface area contributed by atoms with E-state index < -0.39 is 40.2 Å². The van der Waals surface area contributed by atoms with Gasteiger partial charge >= 0.3 is 5.97 Å². The number of methoxy groups -OCH3 is 1. The van der Waals surface area contributed by atoms with E-state index in [9.17, 15) is 18.0 Å². The highest BCUT2D eigenvalue weighted by Gasteiger charge is 2.23. The van der Waals surface area contributed by atoms with Gasteiger partial charge < -0.3 is 10.1 Å². The van der Waals surface area contributed by atoms with E-state index in [0.717, 1.165) is 19.2 Å². The van der Waals surface area contributed by atoms with Crippen molar-refractivity contribution in [1.29, 1.82) is 5.26 Å². The maximum Gasteiger partial charge on any atom is 0.340 e. The molecule has 0 saturated carbocycles. The van der Waals surface area contributed by atoms with Crippen molar-refractivity contribution in [1.82, 2.24) is 0 Å². The lowest BCUT2D eigenvalue weighted by Gasteiger charge is -2.13. The summed E-state index contributed by atoms with van der Waals surface area (Å²) >= 11 is 0. The molecule has 0 amide bonds. The molecule has 0 fully saturated rings. The third kappa shape index (κ3) is 2.72. The Morgan fingerprint density at radius 3 is 2.50 bits per heavy atom. The van der Waals surface area contributed by atoms with Crippen molar-refractivity contribution in [2.24, 2.45) is 0 Å². The molecule has 0 atom stereocenters. The number of rotatable bonds is 3. The summed E-state index contributed by atoms with van der Waals surface area (Å²) in [6.45, 7) is 0. The standard InChI is InChI=1S/C15H9F3N2O2/c1-22-15(21)9-6-8(7-19)12(17)13(18)14(9)20-11-5-3-2-4-10(11)16/h2-6,20H,1H3. The van der Waals surface area contributed by atoms with Crippen LogP contribution in [0.5, 0.6) is 0 Å². The van der Waals surface area contributed by atoms with Crippen molar-refractivity contribution < 1.29 is 22.7 Å². The summed E-state index contributed by atoms with van der Waals surface area (Å²) in [5.74, 6) is -4.62. The maximum absolute atomic E-state index is 14.1. The number of halogens is 3. The van der Waals surface area contributed by atoms with Crippen molar-refractivity contribution in [2.75, 3.05) is 12.4 Å². The van der Waals surface area contributed by atoms with Gasteiger partial charge in [0.15, 0.2) is 11.6 Å². The summed E-state index contributed by atoms with van der Waals surface area (Å²) in [6, 6.07) is 7.55. The summed E-state index contributed by atoms with van der Waals surface area (Å²) in [7, 11) is 1.04. The number of ether oxygens (including phenoxy) is 1. The zero-order valence-electron chi connectivity index (χ0n) is 11.3.